The number of halogens is 4. The van der Waals surface area contributed by atoms with Crippen LogP contribution in [0.4, 0.5) is 13.2 Å². The molecule has 0 saturated heterocycles. The zero-order chi connectivity index (χ0) is 16.5. The molecule has 122 valence electrons. The maximum absolute atomic E-state index is 12.3. The van der Waals surface area contributed by atoms with Gasteiger partial charge in [0.25, 0.3) is 0 Å². The molecule has 22 heavy (non-hydrogen) atoms. The van der Waals surface area contributed by atoms with Crippen LogP contribution >= 0.6 is 11.6 Å². The summed E-state index contributed by atoms with van der Waals surface area (Å²) in [5.41, 5.74) is 0.434. The van der Waals surface area contributed by atoms with Gasteiger partial charge in [0, 0.05) is 22.1 Å². The average Bonchev–Trinajstić information content (AvgIpc) is 2.79. The molecule has 0 spiro atoms. The Hall–Kier alpha value is -1.29. The van der Waals surface area contributed by atoms with Crippen LogP contribution < -0.4 is 4.72 Å². The van der Waals surface area contributed by atoms with E-state index in [1.54, 1.807) is 0 Å². The van der Waals surface area contributed by atoms with Gasteiger partial charge in [-0.25, -0.2) is 13.1 Å². The molecule has 5 nitrogen and oxygen atoms in total. The number of aromatic nitrogens is 1. The lowest BCUT2D eigenvalue weighted by atomic mass is 10.2. The monoisotopic (exact) mass is 356 g/mol. The van der Waals surface area contributed by atoms with Gasteiger partial charge in [-0.3, -0.25) is 0 Å². The van der Waals surface area contributed by atoms with Gasteiger partial charge < -0.3 is 10.1 Å². The summed E-state index contributed by atoms with van der Waals surface area (Å²) in [6, 6.07) is 2.76. The molecule has 10 heteroatoms. The molecule has 0 amide bonds. The summed E-state index contributed by atoms with van der Waals surface area (Å²) >= 11 is 5.78. The molecule has 1 aromatic carbocycles. The zero-order valence-corrected chi connectivity index (χ0v) is 12.6. The number of sulfonamides is 1. The van der Waals surface area contributed by atoms with E-state index in [0.29, 0.717) is 15.9 Å². The van der Waals surface area contributed by atoms with Gasteiger partial charge in [-0.15, -0.1) is 0 Å². The fourth-order valence-electron chi connectivity index (χ4n) is 2.00. The van der Waals surface area contributed by atoms with Crippen LogP contribution in [-0.2, 0) is 10.0 Å². The van der Waals surface area contributed by atoms with E-state index in [2.05, 4.69) is 4.98 Å². The van der Waals surface area contributed by atoms with Crippen molar-refractivity contribution >= 4 is 32.5 Å². The van der Waals surface area contributed by atoms with Crippen LogP contribution in [0.15, 0.2) is 29.3 Å². The van der Waals surface area contributed by atoms with Crippen molar-refractivity contribution in [3.63, 3.8) is 0 Å². The Balaban J connectivity index is 2.32. The first kappa shape index (κ1) is 17.1. The molecule has 1 atom stereocenters. The lowest BCUT2D eigenvalue weighted by Crippen LogP contribution is -2.40. The molecule has 0 fully saturated rings. The van der Waals surface area contributed by atoms with Gasteiger partial charge in [0.15, 0.2) is 0 Å². The second kappa shape index (κ2) is 6.07. The molecule has 0 saturated carbocycles. The number of fused-ring (bicyclic) bond motifs is 1. The lowest BCUT2D eigenvalue weighted by molar-refractivity contribution is -0.140. The first-order chi connectivity index (χ1) is 10.1. The van der Waals surface area contributed by atoms with Gasteiger partial charge in [0.2, 0.25) is 10.0 Å². The number of aliphatic hydroxyl groups is 1. The third-order valence-electron chi connectivity index (χ3n) is 2.92. The molecule has 3 N–H and O–H groups in total. The molecule has 0 aliphatic rings. The summed E-state index contributed by atoms with van der Waals surface area (Å²) in [4.78, 5) is 2.48. The molecule has 0 radical (unpaired) electrons. The number of aliphatic hydroxyl groups excluding tert-OH is 1. The number of aromatic amines is 1. The van der Waals surface area contributed by atoms with E-state index in [0.717, 1.165) is 6.20 Å². The number of H-pyrrole nitrogens is 1. The Morgan fingerprint density at radius 2 is 2.05 bits per heavy atom. The van der Waals surface area contributed by atoms with E-state index in [1.165, 1.54) is 18.2 Å². The second-order valence-corrected chi connectivity index (χ2v) is 6.78. The van der Waals surface area contributed by atoms with Gasteiger partial charge >= 0.3 is 6.18 Å². The number of alkyl halides is 3. The summed E-state index contributed by atoms with van der Waals surface area (Å²) in [5.74, 6) is 0. The summed E-state index contributed by atoms with van der Waals surface area (Å²) < 4.78 is 63.3. The van der Waals surface area contributed by atoms with E-state index < -0.39 is 35.3 Å². The predicted octanol–water partition coefficient (Wildman–Crippen LogP) is 2.41. The van der Waals surface area contributed by atoms with Crippen LogP contribution in [-0.4, -0.2) is 37.3 Å². The fourth-order valence-corrected chi connectivity index (χ4v) is 3.58. The van der Waals surface area contributed by atoms with Crippen LogP contribution in [0.3, 0.4) is 0 Å². The van der Waals surface area contributed by atoms with Crippen molar-refractivity contribution in [1.29, 1.82) is 0 Å². The SMILES string of the molecule is O=S(=O)(NC(CO)CC(F)(F)F)c1c[nH]c2cc(Cl)ccc12. The molecule has 1 unspecified atom stereocenters. The van der Waals surface area contributed by atoms with Crippen LogP contribution in [0.1, 0.15) is 6.42 Å². The fraction of sp³-hybridized carbons (Fsp3) is 0.333. The van der Waals surface area contributed by atoms with Crippen LogP contribution in [0.25, 0.3) is 10.9 Å². The van der Waals surface area contributed by atoms with E-state index in [4.69, 9.17) is 16.7 Å². The highest BCUT2D eigenvalue weighted by Gasteiger charge is 2.34. The van der Waals surface area contributed by atoms with Crippen molar-refractivity contribution in [3.05, 3.63) is 29.4 Å². The van der Waals surface area contributed by atoms with Crippen molar-refractivity contribution in [2.75, 3.05) is 6.61 Å². The maximum atomic E-state index is 12.3. The normalized spacial score (nSPS) is 14.4. The Morgan fingerprint density at radius 3 is 2.64 bits per heavy atom. The summed E-state index contributed by atoms with van der Waals surface area (Å²) in [6.07, 6.45) is -4.90. The smallest absolute Gasteiger partial charge is 0.390 e. The Morgan fingerprint density at radius 1 is 1.36 bits per heavy atom. The highest BCUT2D eigenvalue weighted by Crippen LogP contribution is 2.27. The Bertz CT molecular complexity index is 774. The highest BCUT2D eigenvalue weighted by molar-refractivity contribution is 7.89. The molecule has 1 aromatic heterocycles. The van der Waals surface area contributed by atoms with Gasteiger partial charge in [-0.05, 0) is 18.2 Å². The first-order valence-corrected chi connectivity index (χ1v) is 7.95. The van der Waals surface area contributed by atoms with Crippen LogP contribution in [0.5, 0.6) is 0 Å². The van der Waals surface area contributed by atoms with E-state index >= 15 is 0 Å². The highest BCUT2D eigenvalue weighted by atomic mass is 35.5. The zero-order valence-electron chi connectivity index (χ0n) is 11.0. The minimum absolute atomic E-state index is 0.209. The van der Waals surface area contributed by atoms with Gasteiger partial charge in [0.1, 0.15) is 4.90 Å². The number of hydrogen-bond acceptors (Lipinski definition) is 3. The largest absolute Gasteiger partial charge is 0.395 e. The van der Waals surface area contributed by atoms with E-state index in [9.17, 15) is 21.6 Å². The van der Waals surface area contributed by atoms with Crippen molar-refractivity contribution in [3.8, 4) is 0 Å². The molecule has 0 aliphatic heterocycles. The Kier molecular flexibility index (Phi) is 4.71. The lowest BCUT2D eigenvalue weighted by Gasteiger charge is -2.17. The molecular weight excluding hydrogens is 345 g/mol. The Labute approximate surface area is 129 Å². The number of hydrogen-bond donors (Lipinski definition) is 3. The quantitative estimate of drug-likeness (QED) is 0.769. The number of nitrogens with one attached hydrogen (secondary N) is 2. The van der Waals surface area contributed by atoms with Gasteiger partial charge in [-0.2, -0.15) is 13.2 Å². The molecule has 2 aromatic rings. The molecule has 0 bridgehead atoms. The first-order valence-electron chi connectivity index (χ1n) is 6.09. The maximum Gasteiger partial charge on any atom is 0.390 e. The minimum Gasteiger partial charge on any atom is -0.395 e. The van der Waals surface area contributed by atoms with Gasteiger partial charge in [-0.1, -0.05) is 11.6 Å². The predicted molar refractivity (Wildman–Crippen MR) is 75.2 cm³/mol. The number of rotatable bonds is 5. The topological polar surface area (TPSA) is 82.2 Å². The van der Waals surface area contributed by atoms with Crippen molar-refractivity contribution in [1.82, 2.24) is 9.71 Å². The third kappa shape index (κ3) is 3.92. The molecule has 0 aliphatic carbocycles. The number of benzene rings is 1. The summed E-state index contributed by atoms with van der Waals surface area (Å²) in [5, 5.41) is 9.63. The second-order valence-electron chi connectivity index (χ2n) is 4.66. The third-order valence-corrected chi connectivity index (χ3v) is 4.71. The van der Waals surface area contributed by atoms with Crippen molar-refractivity contribution in [2.45, 2.75) is 23.5 Å². The molecule has 2 rings (SSSR count). The molecular formula is C12H12ClF3N2O3S. The standard InChI is InChI=1S/C12H12ClF3N2O3S/c13-7-1-2-9-10(3-7)17-5-11(9)22(20,21)18-8(6-19)4-12(14,15)16/h1-3,5,8,17-19H,4,6H2. The van der Waals surface area contributed by atoms with E-state index in [1.807, 2.05) is 4.72 Å². The average molecular weight is 357 g/mol. The summed E-state index contributed by atoms with van der Waals surface area (Å²) in [6.45, 7) is -0.965. The van der Waals surface area contributed by atoms with Crippen molar-refractivity contribution in [2.24, 2.45) is 0 Å². The van der Waals surface area contributed by atoms with E-state index in [-0.39, 0.29) is 4.90 Å². The van der Waals surface area contributed by atoms with Crippen LogP contribution in [0.2, 0.25) is 5.02 Å². The van der Waals surface area contributed by atoms with Crippen molar-refractivity contribution < 1.29 is 26.7 Å². The van der Waals surface area contributed by atoms with Gasteiger partial charge in [0.05, 0.1) is 19.1 Å². The minimum atomic E-state index is -4.59. The molecule has 1 heterocycles. The van der Waals surface area contributed by atoms with Crippen LogP contribution in [0, 0.1) is 0 Å². The summed E-state index contributed by atoms with van der Waals surface area (Å²) in [7, 11) is -4.22.